The van der Waals surface area contributed by atoms with Crippen molar-refractivity contribution in [2.24, 2.45) is 5.92 Å². The molecule has 1 unspecified atom stereocenters. The fraction of sp³-hybridized carbons (Fsp3) is 0.174. The smallest absolute Gasteiger partial charge is 0.252 e. The number of hydrogen-bond acceptors (Lipinski definition) is 6. The first kappa shape index (κ1) is 20.5. The lowest BCUT2D eigenvalue weighted by Gasteiger charge is -2.07. The lowest BCUT2D eigenvalue weighted by atomic mass is 10.1. The van der Waals surface area contributed by atoms with E-state index in [2.05, 4.69) is 25.6 Å². The monoisotopic (exact) mass is 463 g/mol. The molecule has 0 saturated heterocycles. The fourth-order valence-electron chi connectivity index (χ4n) is 3.59. The number of amides is 2. The van der Waals surface area contributed by atoms with Gasteiger partial charge in [-0.1, -0.05) is 17.7 Å². The summed E-state index contributed by atoms with van der Waals surface area (Å²) in [5.41, 5.74) is 1.29. The number of nitrogens with zero attached hydrogens (tertiary/aromatic N) is 3. The zero-order chi connectivity index (χ0) is 22.1. The van der Waals surface area contributed by atoms with Gasteiger partial charge in [0.2, 0.25) is 5.91 Å². The number of carbonyl (C=O) groups is 2. The van der Waals surface area contributed by atoms with Crippen LogP contribution in [0, 0.1) is 5.92 Å². The van der Waals surface area contributed by atoms with Crippen LogP contribution in [0.3, 0.4) is 0 Å². The highest BCUT2D eigenvalue weighted by atomic mass is 35.5. The third-order valence-corrected chi connectivity index (χ3v) is 6.75. The molecule has 3 heterocycles. The van der Waals surface area contributed by atoms with Gasteiger partial charge in [-0.2, -0.15) is 0 Å². The maximum absolute atomic E-state index is 12.7. The fourth-order valence-corrected chi connectivity index (χ4v) is 4.88. The summed E-state index contributed by atoms with van der Waals surface area (Å²) in [7, 11) is 0. The summed E-state index contributed by atoms with van der Waals surface area (Å²) in [5.74, 6) is 0.379. The van der Waals surface area contributed by atoms with Gasteiger partial charge in [0, 0.05) is 63.3 Å². The third-order valence-electron chi connectivity index (χ3n) is 5.38. The van der Waals surface area contributed by atoms with Gasteiger partial charge in [0.25, 0.3) is 5.91 Å². The summed E-state index contributed by atoms with van der Waals surface area (Å²) in [6.45, 7) is 0.269. The van der Waals surface area contributed by atoms with Crippen LogP contribution in [0.1, 0.15) is 33.4 Å². The summed E-state index contributed by atoms with van der Waals surface area (Å²) >= 11 is 7.72. The number of anilines is 1. The van der Waals surface area contributed by atoms with Crippen molar-refractivity contribution in [2.45, 2.75) is 18.9 Å². The van der Waals surface area contributed by atoms with Gasteiger partial charge in [0.1, 0.15) is 5.82 Å². The molecule has 0 spiro atoms. The third kappa shape index (κ3) is 4.32. The molecule has 2 amide bonds. The summed E-state index contributed by atoms with van der Waals surface area (Å²) in [5, 5.41) is 9.94. The predicted molar refractivity (Wildman–Crippen MR) is 124 cm³/mol. The molecule has 2 atom stereocenters. The maximum Gasteiger partial charge on any atom is 0.252 e. The second-order valence-corrected chi connectivity index (χ2v) is 8.93. The van der Waals surface area contributed by atoms with Gasteiger partial charge in [-0.3, -0.25) is 14.6 Å². The van der Waals surface area contributed by atoms with E-state index in [9.17, 15) is 9.59 Å². The molecule has 1 aliphatic carbocycles. The molecular formula is C23H18ClN5O2S. The molecule has 0 bridgehead atoms. The Balaban J connectivity index is 1.19. The summed E-state index contributed by atoms with van der Waals surface area (Å²) in [6, 6.07) is 9.19. The van der Waals surface area contributed by atoms with Crippen LogP contribution < -0.4 is 10.6 Å². The molecule has 1 fully saturated rings. The minimum absolute atomic E-state index is 0.0276. The first-order chi connectivity index (χ1) is 15.6. The number of thiophene rings is 1. The zero-order valence-electron chi connectivity index (χ0n) is 16.8. The number of halogens is 1. The molecule has 1 aromatic carbocycles. The van der Waals surface area contributed by atoms with E-state index in [4.69, 9.17) is 11.6 Å². The van der Waals surface area contributed by atoms with Crippen molar-refractivity contribution in [1.29, 1.82) is 0 Å². The molecule has 1 saturated carbocycles. The van der Waals surface area contributed by atoms with Crippen LogP contribution in [0.15, 0.2) is 60.5 Å². The lowest BCUT2D eigenvalue weighted by Crippen LogP contribution is -2.23. The first-order valence-corrected chi connectivity index (χ1v) is 11.3. The van der Waals surface area contributed by atoms with Crippen molar-refractivity contribution in [3.63, 3.8) is 0 Å². The Labute approximate surface area is 192 Å². The predicted octanol–water partition coefficient (Wildman–Crippen LogP) is 4.41. The Morgan fingerprint density at radius 1 is 1.16 bits per heavy atom. The summed E-state index contributed by atoms with van der Waals surface area (Å²) < 4.78 is 0. The van der Waals surface area contributed by atoms with Crippen LogP contribution in [-0.4, -0.2) is 26.8 Å². The van der Waals surface area contributed by atoms with Crippen molar-refractivity contribution >= 4 is 51.2 Å². The second kappa shape index (κ2) is 8.64. The highest BCUT2D eigenvalue weighted by Crippen LogP contribution is 2.50. The number of hydrogen-bond donors (Lipinski definition) is 2. The summed E-state index contributed by atoms with van der Waals surface area (Å²) in [4.78, 5) is 38.4. The Morgan fingerprint density at radius 3 is 2.84 bits per heavy atom. The second-order valence-electron chi connectivity index (χ2n) is 7.58. The SMILES string of the molecule is O=C(NCc1ncccn1)c1csc(C2C[C@H]2C(=O)Nc2ccc3cncc(Cl)c3c2)c1. The van der Waals surface area contributed by atoms with E-state index in [0.717, 1.165) is 22.1 Å². The number of carbonyl (C=O) groups excluding carboxylic acids is 2. The average Bonchev–Trinajstić information content (AvgIpc) is 3.47. The molecule has 0 aliphatic heterocycles. The molecule has 2 N–H and O–H groups in total. The number of pyridine rings is 1. The van der Waals surface area contributed by atoms with Crippen LogP contribution in [0.25, 0.3) is 10.8 Å². The number of rotatable bonds is 6. The topological polar surface area (TPSA) is 96.9 Å². The quantitative estimate of drug-likeness (QED) is 0.441. The molecule has 9 heteroatoms. The van der Waals surface area contributed by atoms with E-state index in [1.54, 1.807) is 30.9 Å². The van der Waals surface area contributed by atoms with Crippen LogP contribution in [0.5, 0.6) is 0 Å². The lowest BCUT2D eigenvalue weighted by molar-refractivity contribution is -0.117. The number of benzene rings is 1. The first-order valence-electron chi connectivity index (χ1n) is 10.0. The molecule has 0 radical (unpaired) electrons. The molecule has 32 heavy (non-hydrogen) atoms. The molecular weight excluding hydrogens is 446 g/mol. The van der Waals surface area contributed by atoms with E-state index in [1.165, 1.54) is 11.3 Å². The largest absolute Gasteiger partial charge is 0.345 e. The number of aromatic nitrogens is 3. The zero-order valence-corrected chi connectivity index (χ0v) is 18.4. The molecule has 4 aromatic rings. The molecule has 7 nitrogen and oxygen atoms in total. The number of nitrogens with one attached hydrogen (secondary N) is 2. The Bertz CT molecular complexity index is 1310. The van der Waals surface area contributed by atoms with Gasteiger partial charge < -0.3 is 10.6 Å². The van der Waals surface area contributed by atoms with Crippen LogP contribution >= 0.6 is 22.9 Å². The average molecular weight is 464 g/mol. The van der Waals surface area contributed by atoms with Crippen LogP contribution in [0.4, 0.5) is 5.69 Å². The van der Waals surface area contributed by atoms with Gasteiger partial charge in [-0.05, 0) is 30.7 Å². The highest BCUT2D eigenvalue weighted by molar-refractivity contribution is 7.10. The van der Waals surface area contributed by atoms with Crippen molar-refractivity contribution in [3.8, 4) is 0 Å². The van der Waals surface area contributed by atoms with Crippen molar-refractivity contribution in [3.05, 3.63) is 81.8 Å². The van der Waals surface area contributed by atoms with Crippen molar-refractivity contribution < 1.29 is 9.59 Å². The minimum Gasteiger partial charge on any atom is -0.345 e. The van der Waals surface area contributed by atoms with Gasteiger partial charge >= 0.3 is 0 Å². The van der Waals surface area contributed by atoms with Gasteiger partial charge in [0.05, 0.1) is 17.1 Å². The van der Waals surface area contributed by atoms with E-state index in [-0.39, 0.29) is 30.2 Å². The van der Waals surface area contributed by atoms with Crippen LogP contribution in [0.2, 0.25) is 5.02 Å². The standard InChI is InChI=1S/C23H18ClN5O2S/c24-19-10-25-9-13-2-3-15(7-16(13)19)29-23(31)18-8-17(18)20-6-14(12-32-20)22(30)28-11-21-26-4-1-5-27-21/h1-7,9-10,12,17-18H,8,11H2,(H,28,30)(H,29,31)/t17?,18-/m1/s1. The Hall–Kier alpha value is -3.36. The molecule has 1 aliphatic rings. The summed E-state index contributed by atoms with van der Waals surface area (Å²) in [6.07, 6.45) is 7.37. The van der Waals surface area contributed by atoms with Gasteiger partial charge in [0.15, 0.2) is 0 Å². The Kier molecular flexibility index (Phi) is 5.55. The highest BCUT2D eigenvalue weighted by Gasteiger charge is 2.45. The number of fused-ring (bicyclic) bond motifs is 1. The van der Waals surface area contributed by atoms with E-state index < -0.39 is 0 Å². The normalized spacial score (nSPS) is 17.2. The van der Waals surface area contributed by atoms with Gasteiger partial charge in [-0.25, -0.2) is 9.97 Å². The van der Waals surface area contributed by atoms with E-state index in [1.807, 2.05) is 29.6 Å². The van der Waals surface area contributed by atoms with E-state index >= 15 is 0 Å². The Morgan fingerprint density at radius 2 is 2.00 bits per heavy atom. The van der Waals surface area contributed by atoms with Crippen molar-refractivity contribution in [1.82, 2.24) is 20.3 Å². The maximum atomic E-state index is 12.7. The molecule has 160 valence electrons. The minimum atomic E-state index is -0.177. The molecule has 5 rings (SSSR count). The molecule has 3 aromatic heterocycles. The van der Waals surface area contributed by atoms with Gasteiger partial charge in [-0.15, -0.1) is 11.3 Å². The van der Waals surface area contributed by atoms with Crippen LogP contribution in [-0.2, 0) is 11.3 Å². The van der Waals surface area contributed by atoms with E-state index in [0.29, 0.717) is 22.1 Å². The van der Waals surface area contributed by atoms with Crippen molar-refractivity contribution in [2.75, 3.05) is 5.32 Å².